The van der Waals surface area contributed by atoms with Crippen LogP contribution in [-0.4, -0.2) is 37.6 Å². The highest BCUT2D eigenvalue weighted by Gasteiger charge is 2.32. The highest BCUT2D eigenvalue weighted by molar-refractivity contribution is 7.89. The molecule has 88 valence electrons. The Morgan fingerprint density at radius 2 is 2.33 bits per heavy atom. The largest absolute Gasteiger partial charge is 0.328 e. The van der Waals surface area contributed by atoms with Crippen molar-refractivity contribution in [2.45, 2.75) is 25.8 Å². The van der Waals surface area contributed by atoms with Crippen LogP contribution in [0.5, 0.6) is 0 Å². The van der Waals surface area contributed by atoms with Crippen LogP contribution in [0.15, 0.2) is 12.7 Å². The molecule has 15 heavy (non-hydrogen) atoms. The zero-order valence-electron chi connectivity index (χ0n) is 9.22. The van der Waals surface area contributed by atoms with Crippen molar-refractivity contribution in [1.82, 2.24) is 4.31 Å². The van der Waals surface area contributed by atoms with E-state index in [1.807, 2.05) is 6.92 Å². The predicted octanol–water partition coefficient (Wildman–Crippen LogP) is 0.561. The Balaban J connectivity index is 2.56. The summed E-state index contributed by atoms with van der Waals surface area (Å²) in [5.41, 5.74) is 5.77. The van der Waals surface area contributed by atoms with Crippen molar-refractivity contribution >= 4 is 10.0 Å². The van der Waals surface area contributed by atoms with Crippen LogP contribution in [0.2, 0.25) is 0 Å². The van der Waals surface area contributed by atoms with Gasteiger partial charge in [0, 0.05) is 19.1 Å². The van der Waals surface area contributed by atoms with Crippen LogP contribution in [0.3, 0.4) is 0 Å². The Hall–Kier alpha value is -0.390. The number of rotatable bonds is 5. The zero-order chi connectivity index (χ0) is 11.5. The third kappa shape index (κ3) is 3.29. The van der Waals surface area contributed by atoms with E-state index in [4.69, 9.17) is 5.73 Å². The van der Waals surface area contributed by atoms with Gasteiger partial charge in [-0.1, -0.05) is 6.08 Å². The summed E-state index contributed by atoms with van der Waals surface area (Å²) in [5.74, 6) is 0.478. The van der Waals surface area contributed by atoms with Gasteiger partial charge in [0.25, 0.3) is 0 Å². The van der Waals surface area contributed by atoms with Crippen LogP contribution in [0.1, 0.15) is 19.8 Å². The molecule has 5 heteroatoms. The molecule has 1 aliphatic heterocycles. The molecule has 0 saturated carbocycles. The smallest absolute Gasteiger partial charge is 0.214 e. The van der Waals surface area contributed by atoms with Gasteiger partial charge >= 0.3 is 0 Å². The first-order valence-electron chi connectivity index (χ1n) is 5.31. The van der Waals surface area contributed by atoms with Crippen LogP contribution in [0, 0.1) is 5.92 Å². The molecule has 0 radical (unpaired) electrons. The Kier molecular flexibility index (Phi) is 4.31. The first-order valence-corrected chi connectivity index (χ1v) is 6.92. The number of sulfonamides is 1. The highest BCUT2D eigenvalue weighted by atomic mass is 32.2. The Labute approximate surface area is 92.2 Å². The first-order chi connectivity index (χ1) is 6.97. The lowest BCUT2D eigenvalue weighted by atomic mass is 10.0. The Morgan fingerprint density at radius 3 is 2.80 bits per heavy atom. The minimum absolute atomic E-state index is 0.0737. The molecule has 1 rings (SSSR count). The monoisotopic (exact) mass is 232 g/mol. The molecule has 0 amide bonds. The van der Waals surface area contributed by atoms with E-state index in [1.165, 1.54) is 0 Å². The van der Waals surface area contributed by atoms with E-state index in [0.717, 1.165) is 6.42 Å². The molecule has 1 aliphatic rings. The van der Waals surface area contributed by atoms with Gasteiger partial charge in [-0.25, -0.2) is 12.7 Å². The Morgan fingerprint density at radius 1 is 1.67 bits per heavy atom. The zero-order valence-corrected chi connectivity index (χ0v) is 10.0. The summed E-state index contributed by atoms with van der Waals surface area (Å²) in [7, 11) is -3.08. The molecule has 2 N–H and O–H groups in total. The fourth-order valence-corrected chi connectivity index (χ4v) is 3.32. The molecule has 2 atom stereocenters. The van der Waals surface area contributed by atoms with Gasteiger partial charge < -0.3 is 5.73 Å². The lowest BCUT2D eigenvalue weighted by Gasteiger charge is -2.17. The van der Waals surface area contributed by atoms with Gasteiger partial charge in [0.15, 0.2) is 0 Å². The molecule has 0 aliphatic carbocycles. The van der Waals surface area contributed by atoms with Gasteiger partial charge in [-0.05, 0) is 25.7 Å². The van der Waals surface area contributed by atoms with Crippen LogP contribution < -0.4 is 5.73 Å². The quantitative estimate of drug-likeness (QED) is 0.705. The second-order valence-electron chi connectivity index (χ2n) is 4.16. The van der Waals surface area contributed by atoms with Crippen LogP contribution in [-0.2, 0) is 10.0 Å². The number of hydrogen-bond donors (Lipinski definition) is 1. The third-order valence-electron chi connectivity index (χ3n) is 2.90. The molecule has 0 aromatic carbocycles. The molecular weight excluding hydrogens is 212 g/mol. The van der Waals surface area contributed by atoms with E-state index in [1.54, 1.807) is 10.4 Å². The van der Waals surface area contributed by atoms with E-state index < -0.39 is 10.0 Å². The van der Waals surface area contributed by atoms with Crippen LogP contribution in [0.4, 0.5) is 0 Å². The normalized spacial score (nSPS) is 25.3. The maximum absolute atomic E-state index is 11.8. The predicted molar refractivity (Wildman–Crippen MR) is 61.9 cm³/mol. The van der Waals surface area contributed by atoms with Gasteiger partial charge in [0.05, 0.1) is 5.75 Å². The fraction of sp³-hybridized carbons (Fsp3) is 0.800. The molecule has 0 aromatic rings. The maximum Gasteiger partial charge on any atom is 0.214 e. The number of nitrogens with zero attached hydrogens (tertiary/aromatic N) is 1. The van der Waals surface area contributed by atoms with Crippen LogP contribution >= 0.6 is 0 Å². The summed E-state index contributed by atoms with van der Waals surface area (Å²) in [6, 6.07) is 0.0737. The molecule has 0 aromatic heterocycles. The molecule has 2 unspecified atom stereocenters. The van der Waals surface area contributed by atoms with Gasteiger partial charge in [0.1, 0.15) is 0 Å². The topological polar surface area (TPSA) is 63.4 Å². The average molecular weight is 232 g/mol. The van der Waals surface area contributed by atoms with Gasteiger partial charge in [0.2, 0.25) is 10.0 Å². The van der Waals surface area contributed by atoms with Crippen molar-refractivity contribution in [3.05, 3.63) is 12.7 Å². The summed E-state index contributed by atoms with van der Waals surface area (Å²) in [6.07, 6.45) is 3.03. The molecule has 0 bridgehead atoms. The highest BCUT2D eigenvalue weighted by Crippen LogP contribution is 2.21. The van der Waals surface area contributed by atoms with E-state index in [-0.39, 0.29) is 11.8 Å². The molecular formula is C10H20N2O2S. The third-order valence-corrected chi connectivity index (χ3v) is 4.77. The van der Waals surface area contributed by atoms with Crippen LogP contribution in [0.25, 0.3) is 0 Å². The second-order valence-corrected chi connectivity index (χ2v) is 6.25. The minimum Gasteiger partial charge on any atom is -0.328 e. The van der Waals surface area contributed by atoms with E-state index in [2.05, 4.69) is 6.58 Å². The van der Waals surface area contributed by atoms with Gasteiger partial charge in [-0.2, -0.15) is 0 Å². The van der Waals surface area contributed by atoms with Crippen molar-refractivity contribution in [1.29, 1.82) is 0 Å². The van der Waals surface area contributed by atoms with Gasteiger partial charge in [-0.15, -0.1) is 6.58 Å². The molecule has 0 spiro atoms. The van der Waals surface area contributed by atoms with Crippen molar-refractivity contribution < 1.29 is 8.42 Å². The number of hydrogen-bond acceptors (Lipinski definition) is 3. The SMILES string of the molecule is C=CCCS(=O)(=O)N1CCC(C(C)N)C1. The summed E-state index contributed by atoms with van der Waals surface area (Å²) in [4.78, 5) is 0. The Bertz CT molecular complexity index is 311. The summed E-state index contributed by atoms with van der Waals surface area (Å²) in [5, 5.41) is 0. The maximum atomic E-state index is 11.8. The minimum atomic E-state index is -3.08. The number of nitrogens with two attached hydrogens (primary N) is 1. The van der Waals surface area contributed by atoms with E-state index in [0.29, 0.717) is 25.4 Å². The van der Waals surface area contributed by atoms with Crippen molar-refractivity contribution in [3.63, 3.8) is 0 Å². The van der Waals surface area contributed by atoms with E-state index >= 15 is 0 Å². The molecule has 1 heterocycles. The first kappa shape index (κ1) is 12.7. The molecule has 1 fully saturated rings. The fourth-order valence-electron chi connectivity index (χ4n) is 1.80. The summed E-state index contributed by atoms with van der Waals surface area (Å²) >= 11 is 0. The standard InChI is InChI=1S/C10H20N2O2S/c1-3-4-7-15(13,14)12-6-5-10(8-12)9(2)11/h3,9-10H,1,4-8,11H2,2H3. The molecule has 4 nitrogen and oxygen atoms in total. The summed E-state index contributed by atoms with van der Waals surface area (Å²) < 4.78 is 25.2. The van der Waals surface area contributed by atoms with Crippen molar-refractivity contribution in [2.75, 3.05) is 18.8 Å². The molecule has 1 saturated heterocycles. The van der Waals surface area contributed by atoms with Crippen molar-refractivity contribution in [3.8, 4) is 0 Å². The van der Waals surface area contributed by atoms with Crippen molar-refractivity contribution in [2.24, 2.45) is 11.7 Å². The average Bonchev–Trinajstić information content (AvgIpc) is 2.64. The van der Waals surface area contributed by atoms with E-state index in [9.17, 15) is 8.42 Å². The lowest BCUT2D eigenvalue weighted by molar-refractivity contribution is 0.429. The lowest BCUT2D eigenvalue weighted by Crippen LogP contribution is -2.34. The number of allylic oxidation sites excluding steroid dienone is 1. The summed E-state index contributed by atoms with van der Waals surface area (Å²) in [6.45, 7) is 6.66. The second kappa shape index (κ2) is 5.09. The van der Waals surface area contributed by atoms with Gasteiger partial charge in [-0.3, -0.25) is 0 Å².